The number of ether oxygens (including phenoxy) is 2. The Kier molecular flexibility index (Phi) is 7.44. The van der Waals surface area contributed by atoms with Gasteiger partial charge in [0.15, 0.2) is 6.17 Å². The quantitative estimate of drug-likeness (QED) is 0.561. The number of carbonyl (C=O) groups is 3. The number of halogens is 1. The fraction of sp³-hybridized carbons (Fsp3) is 0.520. The molecule has 0 spiro atoms. The van der Waals surface area contributed by atoms with E-state index in [0.29, 0.717) is 23.4 Å². The highest BCUT2D eigenvalue weighted by Gasteiger charge is 2.50. The minimum absolute atomic E-state index is 0.00834. The molecule has 2 aliphatic rings. The number of nitrogens with zero attached hydrogens (tertiary/aromatic N) is 2. The van der Waals surface area contributed by atoms with Crippen molar-refractivity contribution in [2.75, 3.05) is 6.61 Å². The molecule has 1 unspecified atom stereocenters. The van der Waals surface area contributed by atoms with E-state index in [1.807, 2.05) is 0 Å². The van der Waals surface area contributed by atoms with Crippen LogP contribution in [0.5, 0.6) is 0 Å². The van der Waals surface area contributed by atoms with Crippen molar-refractivity contribution in [1.29, 1.82) is 0 Å². The van der Waals surface area contributed by atoms with Gasteiger partial charge in [-0.1, -0.05) is 30.9 Å². The highest BCUT2D eigenvalue weighted by molar-refractivity contribution is 6.32. The lowest BCUT2D eigenvalue weighted by atomic mass is 9.94. The van der Waals surface area contributed by atoms with E-state index in [-0.39, 0.29) is 34.9 Å². The van der Waals surface area contributed by atoms with Crippen LogP contribution in [0, 0.1) is 6.92 Å². The SMILES string of the molecule is CCOC(=O)N(NC(=O)OC(C)C)C1c2c(oc3cc(C)c(Cl)cc3c2=O)C(=O)N1C1CCCCC1. The van der Waals surface area contributed by atoms with Crippen LogP contribution in [-0.4, -0.2) is 46.8 Å². The van der Waals surface area contributed by atoms with E-state index in [0.717, 1.165) is 24.3 Å². The minimum Gasteiger partial charge on any atom is -0.450 e. The summed E-state index contributed by atoms with van der Waals surface area (Å²) >= 11 is 6.28. The van der Waals surface area contributed by atoms with E-state index in [9.17, 15) is 19.2 Å². The molecule has 1 fully saturated rings. The molecule has 3 amide bonds. The summed E-state index contributed by atoms with van der Waals surface area (Å²) in [5.41, 5.74) is 2.72. The Labute approximate surface area is 213 Å². The second-order valence-electron chi connectivity index (χ2n) is 9.28. The highest BCUT2D eigenvalue weighted by atomic mass is 35.5. The van der Waals surface area contributed by atoms with Crippen LogP contribution in [0.25, 0.3) is 11.0 Å². The van der Waals surface area contributed by atoms with Gasteiger partial charge in [0, 0.05) is 11.1 Å². The predicted octanol–water partition coefficient (Wildman–Crippen LogP) is 5.05. The average molecular weight is 520 g/mol. The summed E-state index contributed by atoms with van der Waals surface area (Å²) in [6.45, 7) is 6.70. The van der Waals surface area contributed by atoms with Crippen LogP contribution in [0.1, 0.15) is 80.7 Å². The summed E-state index contributed by atoms with van der Waals surface area (Å²) in [7, 11) is 0. The predicted molar refractivity (Wildman–Crippen MR) is 132 cm³/mol. The number of carbonyl (C=O) groups excluding carboxylic acids is 3. The number of amides is 3. The number of benzene rings is 1. The van der Waals surface area contributed by atoms with Crippen molar-refractivity contribution in [3.05, 3.63) is 44.3 Å². The molecule has 1 aliphatic heterocycles. The minimum atomic E-state index is -1.28. The molecule has 0 bridgehead atoms. The molecule has 4 rings (SSSR count). The summed E-state index contributed by atoms with van der Waals surface area (Å²) in [6, 6.07) is 2.82. The first-order valence-corrected chi connectivity index (χ1v) is 12.5. The Morgan fingerprint density at radius 2 is 1.92 bits per heavy atom. The van der Waals surface area contributed by atoms with Crippen molar-refractivity contribution in [3.8, 4) is 0 Å². The zero-order chi connectivity index (χ0) is 26.1. The molecule has 11 heteroatoms. The fourth-order valence-electron chi connectivity index (χ4n) is 4.81. The summed E-state index contributed by atoms with van der Waals surface area (Å²) < 4.78 is 16.3. The van der Waals surface area contributed by atoms with Crippen LogP contribution in [0.3, 0.4) is 0 Å². The van der Waals surface area contributed by atoms with Crippen LogP contribution in [0.15, 0.2) is 21.3 Å². The van der Waals surface area contributed by atoms with Crippen LogP contribution < -0.4 is 10.9 Å². The maximum Gasteiger partial charge on any atom is 0.431 e. The average Bonchev–Trinajstić information content (AvgIpc) is 3.11. The van der Waals surface area contributed by atoms with E-state index in [1.54, 1.807) is 33.8 Å². The molecule has 1 saturated carbocycles. The van der Waals surface area contributed by atoms with Crippen molar-refractivity contribution < 1.29 is 28.3 Å². The molecule has 1 aromatic heterocycles. The molecule has 2 aromatic rings. The molecule has 0 radical (unpaired) electrons. The van der Waals surface area contributed by atoms with Gasteiger partial charge in [-0.15, -0.1) is 0 Å². The van der Waals surface area contributed by atoms with E-state index in [4.69, 9.17) is 25.5 Å². The van der Waals surface area contributed by atoms with E-state index < -0.39 is 35.8 Å². The van der Waals surface area contributed by atoms with Crippen molar-refractivity contribution in [1.82, 2.24) is 15.3 Å². The van der Waals surface area contributed by atoms with Gasteiger partial charge in [-0.2, -0.15) is 5.01 Å². The number of hydrazine groups is 1. The monoisotopic (exact) mass is 519 g/mol. The summed E-state index contributed by atoms with van der Waals surface area (Å²) in [5, 5.41) is 1.38. The number of aryl methyl sites for hydroxylation is 1. The molecular weight excluding hydrogens is 490 g/mol. The first-order valence-electron chi connectivity index (χ1n) is 12.2. The number of nitrogens with one attached hydrogen (secondary N) is 1. The molecule has 1 aromatic carbocycles. The molecule has 0 saturated heterocycles. The largest absolute Gasteiger partial charge is 0.450 e. The number of rotatable bonds is 4. The van der Waals surface area contributed by atoms with Crippen LogP contribution in [-0.2, 0) is 9.47 Å². The Morgan fingerprint density at radius 3 is 2.56 bits per heavy atom. The second kappa shape index (κ2) is 10.4. The molecule has 10 nitrogen and oxygen atoms in total. The Hall–Kier alpha value is -3.27. The standard InChI is InChI=1S/C25H30ClN3O7/c1-5-34-25(33)29(27-24(32)35-13(2)3)22-19-20(30)16-12-17(26)14(4)11-18(16)36-21(19)23(31)28(22)15-9-7-6-8-10-15/h11-13,15,22H,5-10H2,1-4H3,(H,27,32). The molecule has 1 N–H and O–H groups in total. The maximum atomic E-state index is 13.8. The van der Waals surface area contributed by atoms with Gasteiger partial charge in [-0.05, 0) is 58.2 Å². The normalized spacial score (nSPS) is 17.9. The van der Waals surface area contributed by atoms with Crippen molar-refractivity contribution in [2.45, 2.75) is 78.1 Å². The van der Waals surface area contributed by atoms with Crippen LogP contribution in [0.4, 0.5) is 9.59 Å². The van der Waals surface area contributed by atoms with Crippen molar-refractivity contribution >= 4 is 40.7 Å². The summed E-state index contributed by atoms with van der Waals surface area (Å²) in [5.74, 6) is -0.694. The first kappa shape index (κ1) is 25.8. The Morgan fingerprint density at radius 1 is 1.22 bits per heavy atom. The number of fused-ring (bicyclic) bond motifs is 2. The molecule has 1 atom stereocenters. The number of hydrogen-bond donors (Lipinski definition) is 1. The molecule has 2 heterocycles. The second-order valence-corrected chi connectivity index (χ2v) is 9.69. The zero-order valence-corrected chi connectivity index (χ0v) is 21.5. The molecular formula is C25H30ClN3O7. The highest BCUT2D eigenvalue weighted by Crippen LogP contribution is 2.40. The first-order chi connectivity index (χ1) is 17.1. The third kappa shape index (κ3) is 4.74. The lowest BCUT2D eigenvalue weighted by Crippen LogP contribution is -2.55. The third-order valence-corrected chi connectivity index (χ3v) is 6.80. The Balaban J connectivity index is 1.92. The van der Waals surface area contributed by atoms with Gasteiger partial charge in [0.1, 0.15) is 5.58 Å². The van der Waals surface area contributed by atoms with Crippen molar-refractivity contribution in [3.63, 3.8) is 0 Å². The maximum absolute atomic E-state index is 13.8. The fourth-order valence-corrected chi connectivity index (χ4v) is 4.97. The van der Waals surface area contributed by atoms with Crippen LogP contribution >= 0.6 is 11.6 Å². The smallest absolute Gasteiger partial charge is 0.431 e. The van der Waals surface area contributed by atoms with Gasteiger partial charge in [0.25, 0.3) is 5.91 Å². The lowest BCUT2D eigenvalue weighted by molar-refractivity contribution is -0.0128. The zero-order valence-electron chi connectivity index (χ0n) is 20.8. The van der Waals surface area contributed by atoms with E-state index >= 15 is 0 Å². The summed E-state index contributed by atoms with van der Waals surface area (Å²) in [6.07, 6.45) is 0.544. The van der Waals surface area contributed by atoms with Gasteiger partial charge in [0.2, 0.25) is 11.2 Å². The topological polar surface area (TPSA) is 118 Å². The molecule has 1 aliphatic carbocycles. The Bertz CT molecular complexity index is 1250. The van der Waals surface area contributed by atoms with Gasteiger partial charge in [-0.25, -0.2) is 15.0 Å². The van der Waals surface area contributed by atoms with Gasteiger partial charge < -0.3 is 18.8 Å². The van der Waals surface area contributed by atoms with Crippen LogP contribution in [0.2, 0.25) is 5.02 Å². The van der Waals surface area contributed by atoms with E-state index in [1.165, 1.54) is 11.0 Å². The lowest BCUT2D eigenvalue weighted by Gasteiger charge is -2.39. The summed E-state index contributed by atoms with van der Waals surface area (Å²) in [4.78, 5) is 54.7. The van der Waals surface area contributed by atoms with E-state index in [2.05, 4.69) is 5.43 Å². The van der Waals surface area contributed by atoms with Gasteiger partial charge in [-0.3, -0.25) is 9.59 Å². The molecule has 194 valence electrons. The van der Waals surface area contributed by atoms with Gasteiger partial charge in [0.05, 0.1) is 23.7 Å². The van der Waals surface area contributed by atoms with Gasteiger partial charge >= 0.3 is 12.2 Å². The number of hydrogen-bond acceptors (Lipinski definition) is 7. The van der Waals surface area contributed by atoms with Crippen molar-refractivity contribution in [2.24, 2.45) is 0 Å². The third-order valence-electron chi connectivity index (χ3n) is 6.39. The molecule has 36 heavy (non-hydrogen) atoms.